The van der Waals surface area contributed by atoms with E-state index in [-0.39, 0.29) is 28.8 Å². The molecule has 0 fully saturated rings. The van der Waals surface area contributed by atoms with Crippen LogP contribution in [0.4, 0.5) is 5.69 Å². The van der Waals surface area contributed by atoms with E-state index in [0.29, 0.717) is 0 Å². The van der Waals surface area contributed by atoms with Gasteiger partial charge >= 0.3 is 0 Å². The molecule has 1 rings (SSSR count). The zero-order chi connectivity index (χ0) is 16.2. The number of amides is 1. The van der Waals surface area contributed by atoms with Crippen LogP contribution in [0.15, 0.2) is 23.1 Å². The summed E-state index contributed by atoms with van der Waals surface area (Å²) in [6, 6.07) is 3.17. The minimum absolute atomic E-state index is 0.0120. The molecule has 0 radical (unpaired) electrons. The first-order valence-electron chi connectivity index (χ1n) is 5.79. The standard InChI is InChI=1S/C11H14ClN3O5S/c1-14(2)11(16)5-6-13-21(19,20)8-3-4-9(12)10(7-8)15(17)18/h3-4,7,13H,5-6H2,1-2H3. The summed E-state index contributed by atoms with van der Waals surface area (Å²) in [6.45, 7) is -0.101. The molecule has 0 saturated heterocycles. The Morgan fingerprint density at radius 3 is 2.57 bits per heavy atom. The van der Waals surface area contributed by atoms with Gasteiger partial charge in [-0.05, 0) is 12.1 Å². The molecular weight excluding hydrogens is 322 g/mol. The van der Waals surface area contributed by atoms with Crippen LogP contribution in [0, 0.1) is 10.1 Å². The molecule has 21 heavy (non-hydrogen) atoms. The summed E-state index contributed by atoms with van der Waals surface area (Å²) in [5.41, 5.74) is -0.496. The highest BCUT2D eigenvalue weighted by Gasteiger charge is 2.20. The van der Waals surface area contributed by atoms with E-state index in [1.807, 2.05) is 0 Å². The zero-order valence-electron chi connectivity index (χ0n) is 11.4. The number of hydrogen-bond donors (Lipinski definition) is 1. The summed E-state index contributed by atoms with van der Waals surface area (Å²) in [6.07, 6.45) is -0.0120. The third kappa shape index (κ3) is 4.66. The van der Waals surface area contributed by atoms with Gasteiger partial charge < -0.3 is 4.90 Å². The van der Waals surface area contributed by atoms with E-state index in [4.69, 9.17) is 11.6 Å². The van der Waals surface area contributed by atoms with Crippen LogP contribution in [0.2, 0.25) is 5.02 Å². The minimum Gasteiger partial charge on any atom is -0.349 e. The van der Waals surface area contributed by atoms with Gasteiger partial charge in [0.15, 0.2) is 0 Å². The molecule has 0 aliphatic carbocycles. The Balaban J connectivity index is 2.86. The lowest BCUT2D eigenvalue weighted by Gasteiger charge is -2.11. The van der Waals surface area contributed by atoms with Crippen LogP contribution in [0.25, 0.3) is 0 Å². The van der Waals surface area contributed by atoms with Gasteiger partial charge in [0.2, 0.25) is 15.9 Å². The lowest BCUT2D eigenvalue weighted by molar-refractivity contribution is -0.384. The molecule has 116 valence electrons. The first kappa shape index (κ1) is 17.3. The molecule has 8 nitrogen and oxygen atoms in total. The third-order valence-corrected chi connectivity index (χ3v) is 4.33. The van der Waals surface area contributed by atoms with E-state index < -0.39 is 20.6 Å². The number of nitro benzene ring substituents is 1. The Morgan fingerprint density at radius 1 is 1.43 bits per heavy atom. The second-order valence-corrected chi connectivity index (χ2v) is 6.48. The fraction of sp³-hybridized carbons (Fsp3) is 0.364. The number of carbonyl (C=O) groups excluding carboxylic acids is 1. The summed E-state index contributed by atoms with van der Waals surface area (Å²) in [5, 5.41) is 10.6. The molecule has 0 atom stereocenters. The first-order chi connectivity index (χ1) is 9.65. The van der Waals surface area contributed by atoms with Crippen LogP contribution >= 0.6 is 11.6 Å². The Kier molecular flexibility index (Phi) is 5.64. The highest BCUT2D eigenvalue weighted by atomic mass is 35.5. The zero-order valence-corrected chi connectivity index (χ0v) is 12.9. The van der Waals surface area contributed by atoms with Gasteiger partial charge in [-0.25, -0.2) is 13.1 Å². The van der Waals surface area contributed by atoms with Crippen molar-refractivity contribution < 1.29 is 18.1 Å². The second-order valence-electron chi connectivity index (χ2n) is 4.31. The third-order valence-electron chi connectivity index (χ3n) is 2.55. The Hall–Kier alpha value is -1.71. The van der Waals surface area contributed by atoms with Crippen molar-refractivity contribution in [2.45, 2.75) is 11.3 Å². The summed E-state index contributed by atoms with van der Waals surface area (Å²) in [4.78, 5) is 22.4. The van der Waals surface area contributed by atoms with Gasteiger partial charge in [0.25, 0.3) is 5.69 Å². The van der Waals surface area contributed by atoms with Crippen molar-refractivity contribution in [2.24, 2.45) is 0 Å². The lowest BCUT2D eigenvalue weighted by Crippen LogP contribution is -2.30. The number of carbonyl (C=O) groups is 1. The molecule has 0 aromatic heterocycles. The van der Waals surface area contributed by atoms with Crippen LogP contribution in [0.1, 0.15) is 6.42 Å². The molecule has 0 aliphatic heterocycles. The van der Waals surface area contributed by atoms with Gasteiger partial charge in [0.1, 0.15) is 5.02 Å². The number of nitrogens with one attached hydrogen (secondary N) is 1. The Labute approximate surface area is 126 Å². The van der Waals surface area contributed by atoms with E-state index in [9.17, 15) is 23.3 Å². The van der Waals surface area contributed by atoms with Crippen molar-refractivity contribution in [3.05, 3.63) is 33.3 Å². The van der Waals surface area contributed by atoms with Crippen molar-refractivity contribution in [2.75, 3.05) is 20.6 Å². The molecule has 1 amide bonds. The van der Waals surface area contributed by atoms with Crippen molar-refractivity contribution in [3.8, 4) is 0 Å². The van der Waals surface area contributed by atoms with Crippen LogP contribution < -0.4 is 4.72 Å². The number of nitro groups is 1. The molecule has 0 heterocycles. The molecule has 0 unspecified atom stereocenters. The summed E-state index contributed by atoms with van der Waals surface area (Å²) in [5.74, 6) is -0.236. The van der Waals surface area contributed by atoms with Crippen LogP contribution in [-0.2, 0) is 14.8 Å². The van der Waals surface area contributed by atoms with E-state index >= 15 is 0 Å². The maximum atomic E-state index is 12.0. The molecule has 1 aromatic carbocycles. The van der Waals surface area contributed by atoms with Gasteiger partial charge in [0, 0.05) is 33.1 Å². The number of benzene rings is 1. The molecule has 1 aromatic rings. The average molecular weight is 336 g/mol. The fourth-order valence-electron chi connectivity index (χ4n) is 1.40. The molecule has 0 spiro atoms. The smallest absolute Gasteiger partial charge is 0.289 e. The average Bonchev–Trinajstić information content (AvgIpc) is 2.38. The van der Waals surface area contributed by atoms with Crippen molar-refractivity contribution in [1.29, 1.82) is 0 Å². The minimum atomic E-state index is -3.94. The molecule has 10 heteroatoms. The Morgan fingerprint density at radius 2 is 2.05 bits per heavy atom. The largest absolute Gasteiger partial charge is 0.349 e. The lowest BCUT2D eigenvalue weighted by atomic mass is 10.3. The monoisotopic (exact) mass is 335 g/mol. The summed E-state index contributed by atoms with van der Waals surface area (Å²) in [7, 11) is -0.828. The highest BCUT2D eigenvalue weighted by Crippen LogP contribution is 2.26. The summed E-state index contributed by atoms with van der Waals surface area (Å²) < 4.78 is 26.1. The number of halogens is 1. The van der Waals surface area contributed by atoms with E-state index in [1.165, 1.54) is 4.90 Å². The molecule has 1 N–H and O–H groups in total. The topological polar surface area (TPSA) is 110 Å². The van der Waals surface area contributed by atoms with Crippen LogP contribution in [0.5, 0.6) is 0 Å². The van der Waals surface area contributed by atoms with Gasteiger partial charge in [-0.3, -0.25) is 14.9 Å². The number of sulfonamides is 1. The number of rotatable bonds is 6. The molecule has 0 aliphatic rings. The summed E-state index contributed by atoms with van der Waals surface area (Å²) >= 11 is 5.61. The van der Waals surface area contributed by atoms with Crippen molar-refractivity contribution >= 4 is 33.2 Å². The maximum Gasteiger partial charge on any atom is 0.289 e. The van der Waals surface area contributed by atoms with Gasteiger partial charge in [-0.1, -0.05) is 11.6 Å². The number of hydrogen-bond acceptors (Lipinski definition) is 5. The maximum absolute atomic E-state index is 12.0. The van der Waals surface area contributed by atoms with E-state index in [1.54, 1.807) is 14.1 Å². The number of nitrogens with zero attached hydrogens (tertiary/aromatic N) is 2. The predicted molar refractivity (Wildman–Crippen MR) is 76.6 cm³/mol. The normalized spacial score (nSPS) is 11.2. The Bertz CT molecular complexity index is 660. The fourth-order valence-corrected chi connectivity index (χ4v) is 2.64. The van der Waals surface area contributed by atoms with Crippen molar-refractivity contribution in [1.82, 2.24) is 9.62 Å². The van der Waals surface area contributed by atoms with Crippen LogP contribution in [0.3, 0.4) is 0 Å². The van der Waals surface area contributed by atoms with E-state index in [0.717, 1.165) is 18.2 Å². The van der Waals surface area contributed by atoms with E-state index in [2.05, 4.69) is 4.72 Å². The van der Waals surface area contributed by atoms with Gasteiger partial charge in [-0.2, -0.15) is 0 Å². The molecule has 0 saturated carbocycles. The van der Waals surface area contributed by atoms with Gasteiger partial charge in [0.05, 0.1) is 9.82 Å². The first-order valence-corrected chi connectivity index (χ1v) is 7.65. The second kappa shape index (κ2) is 6.83. The molecule has 0 bridgehead atoms. The van der Waals surface area contributed by atoms with Gasteiger partial charge in [-0.15, -0.1) is 0 Å². The molecular formula is C11H14ClN3O5S. The quantitative estimate of drug-likeness (QED) is 0.616. The highest BCUT2D eigenvalue weighted by molar-refractivity contribution is 7.89. The SMILES string of the molecule is CN(C)C(=O)CCNS(=O)(=O)c1ccc(Cl)c([N+](=O)[O-])c1. The predicted octanol–water partition coefficient (Wildman–Crippen LogP) is 1.00. The van der Waals surface area contributed by atoms with Crippen LogP contribution in [-0.4, -0.2) is 44.8 Å². The van der Waals surface area contributed by atoms with Crippen molar-refractivity contribution in [3.63, 3.8) is 0 Å².